The van der Waals surface area contributed by atoms with Gasteiger partial charge in [0.2, 0.25) is 0 Å². The largest absolute Gasteiger partial charge is 0.459 e. The number of carbonyl (C=O) groups excluding carboxylic acids is 3. The first-order chi connectivity index (χ1) is 11.4. The van der Waals surface area contributed by atoms with E-state index in [0.29, 0.717) is 0 Å². The second kappa shape index (κ2) is 5.92. The molecule has 1 aliphatic heterocycles. The maximum atomic E-state index is 12.1. The lowest BCUT2D eigenvalue weighted by atomic mass is 10.0. The van der Waals surface area contributed by atoms with Crippen LogP contribution in [0.3, 0.4) is 0 Å². The van der Waals surface area contributed by atoms with Crippen molar-refractivity contribution in [2.24, 2.45) is 0 Å². The van der Waals surface area contributed by atoms with Crippen LogP contribution in [0, 0.1) is 0 Å². The highest BCUT2D eigenvalue weighted by Gasteiger charge is 2.46. The summed E-state index contributed by atoms with van der Waals surface area (Å²) in [6.07, 6.45) is 1.68. The van der Waals surface area contributed by atoms with Crippen LogP contribution in [0.1, 0.15) is 19.4 Å². The summed E-state index contributed by atoms with van der Waals surface area (Å²) < 4.78 is 5.26. The molecule has 0 atom stereocenters. The molecule has 0 bridgehead atoms. The summed E-state index contributed by atoms with van der Waals surface area (Å²) >= 11 is 0. The molecule has 0 unspecified atom stereocenters. The Bertz CT molecular complexity index is 826. The molecular formula is C17H17N3O4. The minimum atomic E-state index is -1.07. The number of carbonyl (C=O) groups is 3. The van der Waals surface area contributed by atoms with Crippen molar-refractivity contribution in [2.75, 3.05) is 6.54 Å². The summed E-state index contributed by atoms with van der Waals surface area (Å²) in [4.78, 5) is 41.0. The number of rotatable bonds is 4. The number of hydrogen-bond donors (Lipinski definition) is 1. The summed E-state index contributed by atoms with van der Waals surface area (Å²) in [7, 11) is 0. The quantitative estimate of drug-likeness (QED) is 0.681. The molecule has 0 aliphatic carbocycles. The predicted molar refractivity (Wildman–Crippen MR) is 85.9 cm³/mol. The Morgan fingerprint density at radius 2 is 2.00 bits per heavy atom. The molecule has 2 aromatic rings. The monoisotopic (exact) mass is 327 g/mol. The molecule has 7 nitrogen and oxygen atoms in total. The van der Waals surface area contributed by atoms with E-state index in [2.05, 4.69) is 10.3 Å². The Hall–Kier alpha value is -2.96. The molecule has 0 radical (unpaired) electrons. The van der Waals surface area contributed by atoms with Crippen LogP contribution in [0.4, 0.5) is 4.79 Å². The fourth-order valence-corrected chi connectivity index (χ4v) is 2.58. The molecule has 1 N–H and O–H groups in total. The van der Waals surface area contributed by atoms with E-state index in [4.69, 9.17) is 4.74 Å². The second-order valence-electron chi connectivity index (χ2n) is 6.06. The third-order valence-electron chi connectivity index (χ3n) is 4.09. The summed E-state index contributed by atoms with van der Waals surface area (Å²) in [5.74, 6) is -1.01. The van der Waals surface area contributed by atoms with Crippen LogP contribution in [0.25, 0.3) is 10.9 Å². The van der Waals surface area contributed by atoms with Crippen LogP contribution in [0.15, 0.2) is 36.5 Å². The van der Waals surface area contributed by atoms with Gasteiger partial charge in [-0.05, 0) is 19.9 Å². The molecule has 1 aromatic carbocycles. The van der Waals surface area contributed by atoms with Gasteiger partial charge >= 0.3 is 12.0 Å². The van der Waals surface area contributed by atoms with E-state index in [1.54, 1.807) is 20.0 Å². The van der Waals surface area contributed by atoms with Gasteiger partial charge in [0.05, 0.1) is 5.52 Å². The van der Waals surface area contributed by atoms with Crippen molar-refractivity contribution in [2.45, 2.75) is 26.0 Å². The van der Waals surface area contributed by atoms with E-state index >= 15 is 0 Å². The van der Waals surface area contributed by atoms with Crippen molar-refractivity contribution in [3.05, 3.63) is 42.1 Å². The van der Waals surface area contributed by atoms with E-state index < -0.39 is 23.4 Å². The lowest BCUT2D eigenvalue weighted by molar-refractivity contribution is -0.146. The molecule has 24 heavy (non-hydrogen) atoms. The van der Waals surface area contributed by atoms with Gasteiger partial charge in [-0.3, -0.25) is 24.8 Å². The number of ether oxygens (including phenoxy) is 1. The number of hydrogen-bond acceptors (Lipinski definition) is 5. The van der Waals surface area contributed by atoms with Gasteiger partial charge in [-0.2, -0.15) is 0 Å². The van der Waals surface area contributed by atoms with Crippen molar-refractivity contribution >= 4 is 28.8 Å². The van der Waals surface area contributed by atoms with Crippen LogP contribution >= 0.6 is 0 Å². The van der Waals surface area contributed by atoms with E-state index in [9.17, 15) is 14.4 Å². The second-order valence-corrected chi connectivity index (χ2v) is 6.06. The number of amides is 3. The number of benzene rings is 1. The van der Waals surface area contributed by atoms with Gasteiger partial charge in [0.25, 0.3) is 5.91 Å². The van der Waals surface area contributed by atoms with Gasteiger partial charge in [-0.1, -0.05) is 24.3 Å². The fraction of sp³-hybridized carbons (Fsp3) is 0.294. The van der Waals surface area contributed by atoms with Gasteiger partial charge < -0.3 is 4.74 Å². The molecular weight excluding hydrogens is 310 g/mol. The molecule has 1 aromatic heterocycles. The first kappa shape index (κ1) is 15.9. The number of para-hydroxylation sites is 1. The predicted octanol–water partition coefficient (Wildman–Crippen LogP) is 1.61. The standard InChI is InChI=1S/C17H17N3O4/c1-17(2)15(22)19-16(23)20(17)9-13(21)24-10-12-6-3-5-11-7-4-8-18-14(11)12/h3-8H,9-10H2,1-2H3,(H,19,22,23). The number of imide groups is 1. The van der Waals surface area contributed by atoms with Crippen LogP contribution in [-0.4, -0.2) is 39.9 Å². The summed E-state index contributed by atoms with van der Waals surface area (Å²) in [5.41, 5.74) is 0.474. The third kappa shape index (κ3) is 2.80. The zero-order valence-electron chi connectivity index (χ0n) is 13.4. The number of nitrogens with one attached hydrogen (secondary N) is 1. The molecule has 0 saturated carbocycles. The molecule has 1 saturated heterocycles. The van der Waals surface area contributed by atoms with Gasteiger partial charge in [0.1, 0.15) is 18.7 Å². The molecule has 1 fully saturated rings. The van der Waals surface area contributed by atoms with Crippen molar-refractivity contribution in [1.29, 1.82) is 0 Å². The number of esters is 1. The highest BCUT2D eigenvalue weighted by molar-refractivity contribution is 6.07. The van der Waals surface area contributed by atoms with Gasteiger partial charge in [-0.25, -0.2) is 4.79 Å². The Morgan fingerprint density at radius 1 is 1.25 bits per heavy atom. The van der Waals surface area contributed by atoms with Crippen LogP contribution in [0.2, 0.25) is 0 Å². The Balaban J connectivity index is 1.68. The third-order valence-corrected chi connectivity index (χ3v) is 4.09. The first-order valence-corrected chi connectivity index (χ1v) is 7.51. The molecule has 3 rings (SSSR count). The van der Waals surface area contributed by atoms with Crippen LogP contribution in [-0.2, 0) is 20.9 Å². The molecule has 1 aliphatic rings. The average molecular weight is 327 g/mol. The molecule has 124 valence electrons. The van der Waals surface area contributed by atoms with Gasteiger partial charge in [0, 0.05) is 17.1 Å². The molecule has 2 heterocycles. The van der Waals surface area contributed by atoms with Crippen LogP contribution in [0.5, 0.6) is 0 Å². The first-order valence-electron chi connectivity index (χ1n) is 7.51. The van der Waals surface area contributed by atoms with Crippen molar-refractivity contribution in [1.82, 2.24) is 15.2 Å². The van der Waals surface area contributed by atoms with Crippen LogP contribution < -0.4 is 5.32 Å². The highest BCUT2D eigenvalue weighted by Crippen LogP contribution is 2.21. The Morgan fingerprint density at radius 3 is 2.71 bits per heavy atom. The number of fused-ring (bicyclic) bond motifs is 1. The summed E-state index contributed by atoms with van der Waals surface area (Å²) in [5, 5.41) is 3.15. The van der Waals surface area contributed by atoms with Crippen molar-refractivity contribution < 1.29 is 19.1 Å². The van der Waals surface area contributed by atoms with Crippen molar-refractivity contribution in [3.8, 4) is 0 Å². The van der Waals surface area contributed by atoms with E-state index in [1.807, 2.05) is 30.3 Å². The number of pyridine rings is 1. The zero-order chi connectivity index (χ0) is 17.3. The minimum absolute atomic E-state index is 0.0526. The van der Waals surface area contributed by atoms with Gasteiger partial charge in [-0.15, -0.1) is 0 Å². The zero-order valence-corrected chi connectivity index (χ0v) is 13.4. The molecule has 7 heteroatoms. The Labute approximate surface area is 138 Å². The van der Waals surface area contributed by atoms with Crippen molar-refractivity contribution in [3.63, 3.8) is 0 Å². The number of urea groups is 1. The number of nitrogens with zero attached hydrogens (tertiary/aromatic N) is 2. The lowest BCUT2D eigenvalue weighted by Crippen LogP contribution is -2.46. The highest BCUT2D eigenvalue weighted by atomic mass is 16.5. The summed E-state index contributed by atoms with van der Waals surface area (Å²) in [6.45, 7) is 2.92. The van der Waals surface area contributed by atoms with E-state index in [1.165, 1.54) is 4.90 Å². The SMILES string of the molecule is CC1(C)C(=O)NC(=O)N1CC(=O)OCc1cccc2cccnc12. The number of aromatic nitrogens is 1. The topological polar surface area (TPSA) is 88.6 Å². The minimum Gasteiger partial charge on any atom is -0.459 e. The Kier molecular flexibility index (Phi) is 3.92. The maximum Gasteiger partial charge on any atom is 0.326 e. The summed E-state index contributed by atoms with van der Waals surface area (Å²) in [6, 6.07) is 8.80. The molecule has 0 spiro atoms. The average Bonchev–Trinajstić information content (AvgIpc) is 2.75. The van der Waals surface area contributed by atoms with Gasteiger partial charge in [0.15, 0.2) is 0 Å². The lowest BCUT2D eigenvalue weighted by Gasteiger charge is -2.26. The fourth-order valence-electron chi connectivity index (χ4n) is 2.58. The normalized spacial score (nSPS) is 16.3. The van der Waals surface area contributed by atoms with E-state index in [-0.39, 0.29) is 13.2 Å². The smallest absolute Gasteiger partial charge is 0.326 e. The van der Waals surface area contributed by atoms with E-state index in [0.717, 1.165) is 16.5 Å². The molecule has 3 amide bonds. The maximum absolute atomic E-state index is 12.1.